The fourth-order valence-electron chi connectivity index (χ4n) is 1.82. The van der Waals surface area contributed by atoms with Gasteiger partial charge in [0, 0.05) is 30.2 Å². The standard InChI is InChI=1S/C16H16ClN3OS/c1-3-5-6-14(21)13-10-22-16(20-13)11-9-19-15(17)8-12(11)18-7-4-2/h3-4,8-10H,1-2,5-7H2,(H,18,19). The van der Waals surface area contributed by atoms with E-state index in [1.165, 1.54) is 11.3 Å². The van der Waals surface area contributed by atoms with Crippen LogP contribution >= 0.6 is 22.9 Å². The second kappa shape index (κ2) is 7.87. The first kappa shape index (κ1) is 16.4. The fraction of sp³-hybridized carbons (Fsp3) is 0.188. The van der Waals surface area contributed by atoms with Crippen molar-refractivity contribution in [3.63, 3.8) is 0 Å². The van der Waals surface area contributed by atoms with E-state index < -0.39 is 0 Å². The van der Waals surface area contributed by atoms with Gasteiger partial charge in [0.05, 0.1) is 5.56 Å². The predicted octanol–water partition coefficient (Wildman–Crippen LogP) is 4.61. The third-order valence-electron chi connectivity index (χ3n) is 2.90. The summed E-state index contributed by atoms with van der Waals surface area (Å²) in [5, 5.41) is 6.10. The number of nitrogens with zero attached hydrogens (tertiary/aromatic N) is 2. The van der Waals surface area contributed by atoms with Crippen LogP contribution in [-0.2, 0) is 0 Å². The Morgan fingerprint density at radius 3 is 2.95 bits per heavy atom. The van der Waals surface area contributed by atoms with Crippen molar-refractivity contribution >= 4 is 34.4 Å². The Labute approximate surface area is 138 Å². The van der Waals surface area contributed by atoms with Crippen molar-refractivity contribution < 1.29 is 4.79 Å². The lowest BCUT2D eigenvalue weighted by Crippen LogP contribution is -2.01. The summed E-state index contributed by atoms with van der Waals surface area (Å²) < 4.78 is 0. The molecule has 2 aromatic rings. The largest absolute Gasteiger partial charge is 0.381 e. The lowest BCUT2D eigenvalue weighted by Gasteiger charge is -2.08. The van der Waals surface area contributed by atoms with E-state index in [2.05, 4.69) is 28.4 Å². The number of aromatic nitrogens is 2. The van der Waals surface area contributed by atoms with Crippen LogP contribution in [0, 0.1) is 0 Å². The molecular weight excluding hydrogens is 318 g/mol. The molecule has 0 radical (unpaired) electrons. The maximum atomic E-state index is 12.0. The SMILES string of the molecule is C=CCCC(=O)c1csc(-c2cnc(Cl)cc2NCC=C)n1. The summed E-state index contributed by atoms with van der Waals surface area (Å²) in [5.74, 6) is 0.0184. The van der Waals surface area contributed by atoms with E-state index >= 15 is 0 Å². The van der Waals surface area contributed by atoms with Crippen LogP contribution in [0.15, 0.2) is 43.0 Å². The van der Waals surface area contributed by atoms with E-state index in [-0.39, 0.29) is 5.78 Å². The number of hydrogen-bond acceptors (Lipinski definition) is 5. The van der Waals surface area contributed by atoms with Crippen LogP contribution in [0.1, 0.15) is 23.3 Å². The number of carbonyl (C=O) groups is 1. The highest BCUT2D eigenvalue weighted by molar-refractivity contribution is 7.13. The van der Waals surface area contributed by atoms with Crippen LogP contribution in [0.4, 0.5) is 5.69 Å². The van der Waals surface area contributed by atoms with Gasteiger partial charge in [-0.3, -0.25) is 4.79 Å². The predicted molar refractivity (Wildman–Crippen MR) is 92.8 cm³/mol. The van der Waals surface area contributed by atoms with Crippen LogP contribution in [0.5, 0.6) is 0 Å². The molecule has 0 atom stereocenters. The average Bonchev–Trinajstić information content (AvgIpc) is 3.00. The molecule has 2 aromatic heterocycles. The molecule has 0 saturated heterocycles. The minimum absolute atomic E-state index is 0.0184. The van der Waals surface area contributed by atoms with E-state index in [1.807, 2.05) is 0 Å². The van der Waals surface area contributed by atoms with E-state index in [9.17, 15) is 4.79 Å². The molecule has 22 heavy (non-hydrogen) atoms. The van der Waals surface area contributed by atoms with Gasteiger partial charge in [0.2, 0.25) is 0 Å². The quantitative estimate of drug-likeness (QED) is 0.435. The second-order valence-corrected chi connectivity index (χ2v) is 5.76. The lowest BCUT2D eigenvalue weighted by molar-refractivity contribution is 0.0979. The number of pyridine rings is 1. The molecule has 2 rings (SSSR count). The Kier molecular flexibility index (Phi) is 5.86. The van der Waals surface area contributed by atoms with Crippen molar-refractivity contribution in [2.75, 3.05) is 11.9 Å². The molecule has 1 N–H and O–H groups in total. The van der Waals surface area contributed by atoms with E-state index in [4.69, 9.17) is 11.6 Å². The molecule has 6 heteroatoms. The Balaban J connectivity index is 2.28. The average molecular weight is 334 g/mol. The normalized spacial score (nSPS) is 10.2. The van der Waals surface area contributed by atoms with Crippen molar-refractivity contribution in [1.29, 1.82) is 0 Å². The van der Waals surface area contributed by atoms with Crippen molar-refractivity contribution in [2.24, 2.45) is 0 Å². The Hall–Kier alpha value is -1.98. The Morgan fingerprint density at radius 2 is 2.23 bits per heavy atom. The van der Waals surface area contributed by atoms with Crippen molar-refractivity contribution in [1.82, 2.24) is 9.97 Å². The van der Waals surface area contributed by atoms with Gasteiger partial charge in [-0.15, -0.1) is 24.5 Å². The van der Waals surface area contributed by atoms with Crippen LogP contribution < -0.4 is 5.32 Å². The third kappa shape index (κ3) is 4.02. The summed E-state index contributed by atoms with van der Waals surface area (Å²) in [4.78, 5) is 20.5. The van der Waals surface area contributed by atoms with Gasteiger partial charge >= 0.3 is 0 Å². The number of ketones is 1. The number of nitrogens with one attached hydrogen (secondary N) is 1. The number of thiazole rings is 1. The Bertz CT molecular complexity index is 696. The molecule has 0 aliphatic rings. The molecule has 0 spiro atoms. The highest BCUT2D eigenvalue weighted by Gasteiger charge is 2.14. The van der Waals surface area contributed by atoms with Crippen molar-refractivity contribution in [3.8, 4) is 10.6 Å². The van der Waals surface area contributed by atoms with Crippen LogP contribution in [0.3, 0.4) is 0 Å². The van der Waals surface area contributed by atoms with E-state index in [0.29, 0.717) is 30.2 Å². The maximum Gasteiger partial charge on any atom is 0.182 e. The number of Topliss-reactive ketones (excluding diaryl/α,β-unsaturated/α-hetero) is 1. The van der Waals surface area contributed by atoms with Crippen LogP contribution in [0.2, 0.25) is 5.15 Å². The summed E-state index contributed by atoms with van der Waals surface area (Å²) in [6, 6.07) is 1.74. The number of allylic oxidation sites excluding steroid dienone is 1. The maximum absolute atomic E-state index is 12.0. The zero-order chi connectivity index (χ0) is 15.9. The first-order chi connectivity index (χ1) is 10.7. The monoisotopic (exact) mass is 333 g/mol. The summed E-state index contributed by atoms with van der Waals surface area (Å²) in [6.07, 6.45) is 6.22. The highest BCUT2D eigenvalue weighted by atomic mass is 35.5. The highest BCUT2D eigenvalue weighted by Crippen LogP contribution is 2.31. The molecular formula is C16H16ClN3OS. The molecule has 4 nitrogen and oxygen atoms in total. The number of halogens is 1. The van der Waals surface area contributed by atoms with Crippen molar-refractivity contribution in [3.05, 3.63) is 53.8 Å². The summed E-state index contributed by atoms with van der Waals surface area (Å²) in [5.41, 5.74) is 2.12. The van der Waals surface area contributed by atoms with Gasteiger partial charge in [0.15, 0.2) is 5.78 Å². The molecule has 2 heterocycles. The molecule has 0 aromatic carbocycles. The van der Waals surface area contributed by atoms with Gasteiger partial charge < -0.3 is 5.32 Å². The molecule has 0 amide bonds. The second-order valence-electron chi connectivity index (χ2n) is 4.51. The topological polar surface area (TPSA) is 54.9 Å². The van der Waals surface area contributed by atoms with Crippen LogP contribution in [0.25, 0.3) is 10.6 Å². The zero-order valence-corrected chi connectivity index (χ0v) is 13.6. The lowest BCUT2D eigenvalue weighted by atomic mass is 10.2. The molecule has 0 bridgehead atoms. The first-order valence-corrected chi connectivity index (χ1v) is 8.01. The smallest absolute Gasteiger partial charge is 0.182 e. The van der Waals surface area contributed by atoms with Crippen molar-refractivity contribution in [2.45, 2.75) is 12.8 Å². The van der Waals surface area contributed by atoms with E-state index in [0.717, 1.165) is 16.3 Å². The minimum Gasteiger partial charge on any atom is -0.381 e. The first-order valence-electron chi connectivity index (χ1n) is 6.76. The summed E-state index contributed by atoms with van der Waals surface area (Å²) >= 11 is 7.35. The molecule has 0 fully saturated rings. The summed E-state index contributed by atoms with van der Waals surface area (Å²) in [7, 11) is 0. The zero-order valence-electron chi connectivity index (χ0n) is 12.0. The van der Waals surface area contributed by atoms with Gasteiger partial charge in [0.25, 0.3) is 0 Å². The number of anilines is 1. The van der Waals surface area contributed by atoms with E-state index in [1.54, 1.807) is 29.8 Å². The molecule has 114 valence electrons. The number of rotatable bonds is 8. The molecule has 0 aliphatic heterocycles. The Morgan fingerprint density at radius 1 is 1.41 bits per heavy atom. The van der Waals surface area contributed by atoms with Gasteiger partial charge in [-0.25, -0.2) is 9.97 Å². The van der Waals surface area contributed by atoms with Crippen LogP contribution in [-0.4, -0.2) is 22.3 Å². The van der Waals surface area contributed by atoms with Gasteiger partial charge in [-0.2, -0.15) is 0 Å². The minimum atomic E-state index is 0.0184. The van der Waals surface area contributed by atoms with Gasteiger partial charge in [-0.1, -0.05) is 23.8 Å². The summed E-state index contributed by atoms with van der Waals surface area (Å²) in [6.45, 7) is 7.90. The number of carbonyl (C=O) groups excluding carboxylic acids is 1. The third-order valence-corrected chi connectivity index (χ3v) is 3.99. The number of hydrogen-bond donors (Lipinski definition) is 1. The molecule has 0 saturated carbocycles. The van der Waals surface area contributed by atoms with Gasteiger partial charge in [0.1, 0.15) is 15.9 Å². The molecule has 0 aliphatic carbocycles. The molecule has 0 unspecified atom stereocenters. The fourth-order valence-corrected chi connectivity index (χ4v) is 2.82. The van der Waals surface area contributed by atoms with Gasteiger partial charge in [-0.05, 0) is 12.5 Å².